The topological polar surface area (TPSA) is 107 Å². The Bertz CT molecular complexity index is 952. The SMILES string of the molecule is CCN(C(=O)[C@@H](C)OC(=O)Cc1noc2ccccc12)[C@@H]1CCS(=O)(=O)C1. The maximum absolute atomic E-state index is 12.6. The molecule has 1 aliphatic heterocycles. The molecule has 1 aliphatic rings. The first-order chi connectivity index (χ1) is 12.8. The molecule has 0 spiro atoms. The van der Waals surface area contributed by atoms with Crippen molar-refractivity contribution in [1.82, 2.24) is 10.1 Å². The van der Waals surface area contributed by atoms with Crippen LogP contribution in [0.5, 0.6) is 0 Å². The highest BCUT2D eigenvalue weighted by molar-refractivity contribution is 7.91. The molecule has 0 aliphatic carbocycles. The summed E-state index contributed by atoms with van der Waals surface area (Å²) >= 11 is 0. The minimum absolute atomic E-state index is 0.0435. The van der Waals surface area contributed by atoms with Gasteiger partial charge in [0.25, 0.3) is 5.91 Å². The molecule has 1 saturated heterocycles. The lowest BCUT2D eigenvalue weighted by atomic mass is 10.2. The van der Waals surface area contributed by atoms with Crippen LogP contribution in [0.2, 0.25) is 0 Å². The number of fused-ring (bicyclic) bond motifs is 1. The molecule has 9 heteroatoms. The van der Waals surface area contributed by atoms with E-state index >= 15 is 0 Å². The number of ether oxygens (including phenoxy) is 1. The van der Waals surface area contributed by atoms with E-state index in [1.165, 1.54) is 11.8 Å². The summed E-state index contributed by atoms with van der Waals surface area (Å²) in [7, 11) is -3.11. The number of carbonyl (C=O) groups is 2. The largest absolute Gasteiger partial charge is 0.452 e. The summed E-state index contributed by atoms with van der Waals surface area (Å²) in [6.45, 7) is 3.63. The minimum Gasteiger partial charge on any atom is -0.452 e. The summed E-state index contributed by atoms with van der Waals surface area (Å²) in [5.74, 6) is -0.949. The first-order valence-corrected chi connectivity index (χ1v) is 10.7. The number of para-hydroxylation sites is 1. The lowest BCUT2D eigenvalue weighted by Crippen LogP contribution is -2.46. The van der Waals surface area contributed by atoms with Crippen molar-refractivity contribution in [2.24, 2.45) is 0 Å². The molecule has 8 nitrogen and oxygen atoms in total. The molecule has 1 fully saturated rings. The molecule has 2 heterocycles. The van der Waals surface area contributed by atoms with Crippen LogP contribution in [-0.4, -0.2) is 60.5 Å². The Balaban J connectivity index is 1.62. The number of rotatable bonds is 6. The van der Waals surface area contributed by atoms with Crippen molar-refractivity contribution in [3.8, 4) is 0 Å². The third kappa shape index (κ3) is 4.29. The van der Waals surface area contributed by atoms with Crippen molar-refractivity contribution in [2.75, 3.05) is 18.1 Å². The Labute approximate surface area is 157 Å². The Hall–Kier alpha value is -2.42. The molecule has 1 aromatic carbocycles. The van der Waals surface area contributed by atoms with Crippen molar-refractivity contribution >= 4 is 32.7 Å². The highest BCUT2D eigenvalue weighted by atomic mass is 32.2. The predicted octanol–water partition coefficient (Wildman–Crippen LogP) is 1.34. The predicted molar refractivity (Wildman–Crippen MR) is 97.7 cm³/mol. The monoisotopic (exact) mass is 394 g/mol. The first kappa shape index (κ1) is 19.3. The maximum atomic E-state index is 12.6. The van der Waals surface area contributed by atoms with Crippen LogP contribution in [0.25, 0.3) is 11.0 Å². The van der Waals surface area contributed by atoms with Gasteiger partial charge in [-0.2, -0.15) is 0 Å². The van der Waals surface area contributed by atoms with Crippen molar-refractivity contribution in [3.63, 3.8) is 0 Å². The molecule has 1 amide bonds. The Morgan fingerprint density at radius 3 is 2.78 bits per heavy atom. The summed E-state index contributed by atoms with van der Waals surface area (Å²) in [5, 5.41) is 4.60. The number of nitrogens with zero attached hydrogens (tertiary/aromatic N) is 2. The molecule has 27 heavy (non-hydrogen) atoms. The summed E-state index contributed by atoms with van der Waals surface area (Å²) in [4.78, 5) is 26.4. The molecule has 146 valence electrons. The summed E-state index contributed by atoms with van der Waals surface area (Å²) < 4.78 is 33.8. The van der Waals surface area contributed by atoms with Crippen LogP contribution in [0.15, 0.2) is 28.8 Å². The highest BCUT2D eigenvalue weighted by Gasteiger charge is 2.36. The summed E-state index contributed by atoms with van der Waals surface area (Å²) in [5.41, 5.74) is 1.02. The average molecular weight is 394 g/mol. The standard InChI is InChI=1S/C18H22N2O6S/c1-3-20(13-8-9-27(23,24)11-13)18(22)12(2)25-17(21)10-15-14-6-4-5-7-16(14)26-19-15/h4-7,12-13H,3,8-11H2,1-2H3/t12-,13-/m1/s1. The van der Waals surface area contributed by atoms with Gasteiger partial charge in [-0.25, -0.2) is 8.42 Å². The zero-order valence-corrected chi connectivity index (χ0v) is 16.1. The molecule has 2 aromatic rings. The second kappa shape index (κ2) is 7.67. The fourth-order valence-corrected chi connectivity index (χ4v) is 5.07. The van der Waals surface area contributed by atoms with E-state index in [0.29, 0.717) is 24.2 Å². The summed E-state index contributed by atoms with van der Waals surface area (Å²) in [6.07, 6.45) is -0.703. The van der Waals surface area contributed by atoms with E-state index in [1.54, 1.807) is 25.1 Å². The number of benzene rings is 1. The number of aromatic nitrogens is 1. The lowest BCUT2D eigenvalue weighted by molar-refractivity contribution is -0.159. The van der Waals surface area contributed by atoms with Crippen LogP contribution in [-0.2, 0) is 30.6 Å². The molecular formula is C18H22N2O6S. The van der Waals surface area contributed by atoms with E-state index in [9.17, 15) is 18.0 Å². The molecule has 0 radical (unpaired) electrons. The van der Waals surface area contributed by atoms with Crippen LogP contribution < -0.4 is 0 Å². The van der Waals surface area contributed by atoms with Crippen molar-refractivity contribution < 1.29 is 27.3 Å². The molecule has 2 atom stereocenters. The van der Waals surface area contributed by atoms with Gasteiger partial charge in [0, 0.05) is 18.0 Å². The summed E-state index contributed by atoms with van der Waals surface area (Å²) in [6, 6.07) is 6.79. The van der Waals surface area contributed by atoms with E-state index < -0.39 is 27.8 Å². The van der Waals surface area contributed by atoms with Gasteiger partial charge in [0.15, 0.2) is 21.5 Å². The number of esters is 1. The molecule has 0 unspecified atom stereocenters. The van der Waals surface area contributed by atoms with Crippen molar-refractivity contribution in [3.05, 3.63) is 30.0 Å². The van der Waals surface area contributed by atoms with Gasteiger partial charge in [0.1, 0.15) is 5.69 Å². The van der Waals surface area contributed by atoms with E-state index in [2.05, 4.69) is 5.16 Å². The number of hydrogen-bond donors (Lipinski definition) is 0. The van der Waals surface area contributed by atoms with E-state index in [0.717, 1.165) is 5.39 Å². The number of carbonyl (C=O) groups excluding carboxylic acids is 2. The van der Waals surface area contributed by atoms with Crippen LogP contribution in [0.1, 0.15) is 26.0 Å². The number of hydrogen-bond acceptors (Lipinski definition) is 7. The molecule has 0 saturated carbocycles. The number of likely N-dealkylation sites (N-methyl/N-ethyl adjacent to an activating group) is 1. The van der Waals surface area contributed by atoms with Gasteiger partial charge in [-0.05, 0) is 32.4 Å². The molecule has 3 rings (SSSR count). The van der Waals surface area contributed by atoms with E-state index in [4.69, 9.17) is 9.26 Å². The normalized spacial score (nSPS) is 19.7. The van der Waals surface area contributed by atoms with Gasteiger partial charge in [-0.1, -0.05) is 17.3 Å². The Morgan fingerprint density at radius 1 is 1.37 bits per heavy atom. The van der Waals surface area contributed by atoms with E-state index in [1.807, 2.05) is 6.07 Å². The van der Waals surface area contributed by atoms with Gasteiger partial charge in [-0.15, -0.1) is 0 Å². The number of sulfone groups is 1. The minimum atomic E-state index is -3.11. The molecule has 0 bridgehead atoms. The fraction of sp³-hybridized carbons (Fsp3) is 0.500. The Kier molecular flexibility index (Phi) is 5.50. The maximum Gasteiger partial charge on any atom is 0.312 e. The van der Waals surface area contributed by atoms with E-state index in [-0.39, 0.29) is 24.0 Å². The van der Waals surface area contributed by atoms with Crippen LogP contribution in [0.4, 0.5) is 0 Å². The van der Waals surface area contributed by atoms with Gasteiger partial charge < -0.3 is 14.2 Å². The van der Waals surface area contributed by atoms with Crippen LogP contribution in [0, 0.1) is 0 Å². The van der Waals surface area contributed by atoms with Gasteiger partial charge in [0.05, 0.1) is 17.9 Å². The second-order valence-electron chi connectivity index (χ2n) is 6.62. The van der Waals surface area contributed by atoms with Crippen molar-refractivity contribution in [2.45, 2.75) is 38.8 Å². The smallest absolute Gasteiger partial charge is 0.312 e. The highest BCUT2D eigenvalue weighted by Crippen LogP contribution is 2.20. The molecule has 0 N–H and O–H groups in total. The quantitative estimate of drug-likeness (QED) is 0.681. The third-order valence-electron chi connectivity index (χ3n) is 4.69. The molecule has 1 aromatic heterocycles. The number of amides is 1. The first-order valence-electron chi connectivity index (χ1n) is 8.84. The second-order valence-corrected chi connectivity index (χ2v) is 8.84. The van der Waals surface area contributed by atoms with Gasteiger partial charge >= 0.3 is 5.97 Å². The Morgan fingerprint density at radius 2 is 2.11 bits per heavy atom. The third-order valence-corrected chi connectivity index (χ3v) is 6.44. The zero-order valence-electron chi connectivity index (χ0n) is 15.3. The lowest BCUT2D eigenvalue weighted by Gasteiger charge is -2.29. The van der Waals surface area contributed by atoms with Gasteiger partial charge in [-0.3, -0.25) is 9.59 Å². The van der Waals surface area contributed by atoms with Crippen LogP contribution in [0.3, 0.4) is 0 Å². The zero-order chi connectivity index (χ0) is 19.6. The van der Waals surface area contributed by atoms with Crippen LogP contribution >= 0.6 is 0 Å². The van der Waals surface area contributed by atoms with Crippen molar-refractivity contribution in [1.29, 1.82) is 0 Å². The average Bonchev–Trinajstić information content (AvgIpc) is 3.19. The fourth-order valence-electron chi connectivity index (χ4n) is 3.34. The van der Waals surface area contributed by atoms with Gasteiger partial charge in [0.2, 0.25) is 0 Å². The molecular weight excluding hydrogens is 372 g/mol.